The van der Waals surface area contributed by atoms with Crippen LogP contribution in [0.1, 0.15) is 47.0 Å². The van der Waals surface area contributed by atoms with E-state index in [1.807, 2.05) is 0 Å². The number of primary amides is 1. The van der Waals surface area contributed by atoms with Crippen molar-refractivity contribution in [2.45, 2.75) is 71.1 Å². The molecule has 0 aromatic carbocycles. The zero-order chi connectivity index (χ0) is 24.3. The number of carbonyl (C=O) groups is 5. The van der Waals surface area contributed by atoms with Gasteiger partial charge < -0.3 is 32.5 Å². The number of carboxylic acid groups (broad SMARTS) is 1. The van der Waals surface area contributed by atoms with E-state index >= 15 is 0 Å². The largest absolute Gasteiger partial charge is 0.480 e. The molecule has 12 heteroatoms. The fourth-order valence-electron chi connectivity index (χ4n) is 2.53. The Hall–Kier alpha value is -2.34. The second-order valence-electron chi connectivity index (χ2n) is 7.79. The number of aliphatic carboxylic acids is 1. The van der Waals surface area contributed by atoms with Crippen molar-refractivity contribution in [1.82, 2.24) is 16.0 Å². The molecule has 0 aromatic rings. The zero-order valence-corrected chi connectivity index (χ0v) is 19.3. The number of amides is 4. The Kier molecular flexibility index (Phi) is 12.8. The van der Waals surface area contributed by atoms with Crippen molar-refractivity contribution in [3.63, 3.8) is 0 Å². The van der Waals surface area contributed by atoms with Crippen LogP contribution < -0.4 is 27.4 Å². The lowest BCUT2D eigenvalue weighted by Gasteiger charge is -2.28. The van der Waals surface area contributed by atoms with E-state index in [0.717, 1.165) is 0 Å². The number of carbonyl (C=O) groups excluding carboxylic acids is 4. The molecule has 0 radical (unpaired) electrons. The van der Waals surface area contributed by atoms with Crippen molar-refractivity contribution in [2.24, 2.45) is 23.3 Å². The number of carboxylic acids is 1. The second-order valence-corrected chi connectivity index (χ2v) is 8.15. The molecule has 8 N–H and O–H groups in total. The molecule has 5 unspecified atom stereocenters. The van der Waals surface area contributed by atoms with Crippen LogP contribution in [0.2, 0.25) is 0 Å². The van der Waals surface area contributed by atoms with Gasteiger partial charge in [-0.2, -0.15) is 12.6 Å². The summed E-state index contributed by atoms with van der Waals surface area (Å²) in [6.45, 7) is 7.05. The number of hydrogen-bond donors (Lipinski definition) is 7. The summed E-state index contributed by atoms with van der Waals surface area (Å²) in [5, 5.41) is 16.7. The second kappa shape index (κ2) is 13.9. The first-order valence-electron chi connectivity index (χ1n) is 10.1. The van der Waals surface area contributed by atoms with Gasteiger partial charge in [0.2, 0.25) is 23.6 Å². The standard InChI is InChI=1S/C19H35N5O6S/c1-5-10(4)15(18(28)22-11(19(29)30)6-7-13(20)25)24-16(26)12(8-31)23-17(27)14(21)9(2)3/h9-12,14-15,31H,5-8,21H2,1-4H3,(H2,20,25)(H,22,28)(H,23,27)(H,24,26)(H,29,30). The van der Waals surface area contributed by atoms with Crippen molar-refractivity contribution in [3.8, 4) is 0 Å². The molecule has 0 saturated heterocycles. The fourth-order valence-corrected chi connectivity index (χ4v) is 2.78. The third kappa shape index (κ3) is 10.0. The van der Waals surface area contributed by atoms with Gasteiger partial charge in [-0.25, -0.2) is 4.79 Å². The van der Waals surface area contributed by atoms with Crippen LogP contribution in [0.5, 0.6) is 0 Å². The molecule has 4 amide bonds. The minimum atomic E-state index is -1.34. The molecule has 31 heavy (non-hydrogen) atoms. The molecule has 0 saturated carbocycles. The Labute approximate surface area is 187 Å². The topological polar surface area (TPSA) is 194 Å². The monoisotopic (exact) mass is 461 g/mol. The first-order chi connectivity index (χ1) is 14.3. The predicted octanol–water partition coefficient (Wildman–Crippen LogP) is -1.25. The van der Waals surface area contributed by atoms with E-state index in [1.165, 1.54) is 0 Å². The van der Waals surface area contributed by atoms with E-state index in [2.05, 4.69) is 28.6 Å². The van der Waals surface area contributed by atoms with Crippen LogP contribution in [0, 0.1) is 11.8 Å². The molecule has 0 aliphatic rings. The first kappa shape index (κ1) is 28.7. The minimum Gasteiger partial charge on any atom is -0.480 e. The summed E-state index contributed by atoms with van der Waals surface area (Å²) < 4.78 is 0. The van der Waals surface area contributed by atoms with Crippen molar-refractivity contribution in [3.05, 3.63) is 0 Å². The Balaban J connectivity index is 5.34. The lowest BCUT2D eigenvalue weighted by Crippen LogP contribution is -2.59. The minimum absolute atomic E-state index is 0.0341. The first-order valence-corrected chi connectivity index (χ1v) is 10.8. The van der Waals surface area contributed by atoms with E-state index in [-0.39, 0.29) is 30.4 Å². The van der Waals surface area contributed by atoms with Crippen LogP contribution in [0.25, 0.3) is 0 Å². The number of nitrogens with two attached hydrogens (primary N) is 2. The number of hydrogen-bond acceptors (Lipinski definition) is 7. The smallest absolute Gasteiger partial charge is 0.326 e. The average Bonchev–Trinajstić information content (AvgIpc) is 2.70. The Morgan fingerprint density at radius 3 is 1.90 bits per heavy atom. The van der Waals surface area contributed by atoms with E-state index in [9.17, 15) is 29.1 Å². The van der Waals surface area contributed by atoms with Gasteiger partial charge in [0.25, 0.3) is 0 Å². The van der Waals surface area contributed by atoms with Crippen LogP contribution >= 0.6 is 12.6 Å². The van der Waals surface area contributed by atoms with E-state index in [1.54, 1.807) is 27.7 Å². The van der Waals surface area contributed by atoms with Gasteiger partial charge in [0.05, 0.1) is 6.04 Å². The highest BCUT2D eigenvalue weighted by atomic mass is 32.1. The van der Waals surface area contributed by atoms with Gasteiger partial charge in [-0.05, 0) is 18.3 Å². The SMILES string of the molecule is CCC(C)C(NC(=O)C(CS)NC(=O)C(N)C(C)C)C(=O)NC(CCC(N)=O)C(=O)O. The summed E-state index contributed by atoms with van der Waals surface area (Å²) in [4.78, 5) is 60.0. The summed E-state index contributed by atoms with van der Waals surface area (Å²) in [6, 6.07) is -4.26. The highest BCUT2D eigenvalue weighted by molar-refractivity contribution is 7.80. The predicted molar refractivity (Wildman–Crippen MR) is 118 cm³/mol. The molecule has 0 bridgehead atoms. The van der Waals surface area contributed by atoms with Gasteiger partial charge in [0.15, 0.2) is 0 Å². The Morgan fingerprint density at radius 2 is 1.48 bits per heavy atom. The third-order valence-corrected chi connectivity index (χ3v) is 5.29. The molecule has 0 rings (SSSR count). The number of nitrogens with one attached hydrogen (secondary N) is 3. The van der Waals surface area contributed by atoms with Gasteiger partial charge in [-0.3, -0.25) is 19.2 Å². The summed E-state index contributed by atoms with van der Waals surface area (Å²) in [5.74, 6) is -4.43. The molecular formula is C19H35N5O6S. The van der Waals surface area contributed by atoms with Crippen molar-refractivity contribution < 1.29 is 29.1 Å². The van der Waals surface area contributed by atoms with E-state index < -0.39 is 53.8 Å². The van der Waals surface area contributed by atoms with E-state index in [4.69, 9.17) is 11.5 Å². The Morgan fingerprint density at radius 1 is 0.935 bits per heavy atom. The summed E-state index contributed by atoms with van der Waals surface area (Å²) >= 11 is 4.09. The normalized spacial score (nSPS) is 15.8. The third-order valence-electron chi connectivity index (χ3n) is 4.92. The van der Waals surface area contributed by atoms with Crippen molar-refractivity contribution >= 4 is 42.2 Å². The van der Waals surface area contributed by atoms with E-state index in [0.29, 0.717) is 6.42 Å². The molecule has 178 valence electrons. The van der Waals surface area contributed by atoms with Gasteiger partial charge in [0, 0.05) is 12.2 Å². The van der Waals surface area contributed by atoms with Crippen LogP contribution in [0.4, 0.5) is 0 Å². The molecule has 0 aliphatic heterocycles. The maximum atomic E-state index is 12.7. The molecule has 0 heterocycles. The molecule has 0 spiro atoms. The number of thiol groups is 1. The van der Waals surface area contributed by atoms with Crippen molar-refractivity contribution in [1.29, 1.82) is 0 Å². The molecule has 5 atom stereocenters. The van der Waals surface area contributed by atoms with Gasteiger partial charge in [0.1, 0.15) is 18.1 Å². The molecule has 0 aromatic heterocycles. The molecular weight excluding hydrogens is 426 g/mol. The van der Waals surface area contributed by atoms with Crippen LogP contribution in [-0.4, -0.2) is 64.6 Å². The van der Waals surface area contributed by atoms with Crippen LogP contribution in [0.3, 0.4) is 0 Å². The molecule has 11 nitrogen and oxygen atoms in total. The quantitative estimate of drug-likeness (QED) is 0.157. The molecule has 0 fully saturated rings. The van der Waals surface area contributed by atoms with Crippen molar-refractivity contribution in [2.75, 3.05) is 5.75 Å². The fraction of sp³-hybridized carbons (Fsp3) is 0.737. The van der Waals surface area contributed by atoms with Gasteiger partial charge in [-0.1, -0.05) is 34.1 Å². The summed E-state index contributed by atoms with van der Waals surface area (Å²) in [7, 11) is 0. The van der Waals surface area contributed by atoms with Gasteiger partial charge in [-0.15, -0.1) is 0 Å². The van der Waals surface area contributed by atoms with Crippen LogP contribution in [-0.2, 0) is 24.0 Å². The molecule has 0 aliphatic carbocycles. The average molecular weight is 462 g/mol. The number of rotatable bonds is 14. The lowest BCUT2D eigenvalue weighted by atomic mass is 9.97. The summed E-state index contributed by atoms with van der Waals surface area (Å²) in [6.07, 6.45) is 0.106. The summed E-state index contributed by atoms with van der Waals surface area (Å²) in [5.41, 5.74) is 10.8. The lowest BCUT2D eigenvalue weighted by molar-refractivity contribution is -0.143. The maximum Gasteiger partial charge on any atom is 0.326 e. The Bertz CT molecular complexity index is 660. The highest BCUT2D eigenvalue weighted by Gasteiger charge is 2.32. The van der Waals surface area contributed by atoms with Gasteiger partial charge >= 0.3 is 5.97 Å². The zero-order valence-electron chi connectivity index (χ0n) is 18.4. The maximum absolute atomic E-state index is 12.7. The highest BCUT2D eigenvalue weighted by Crippen LogP contribution is 2.10. The van der Waals surface area contributed by atoms with Crippen LogP contribution in [0.15, 0.2) is 0 Å².